The molecule has 1 aliphatic heterocycles. The molecular formula is C26H22ClN3O3. The molecule has 0 saturated heterocycles. The van der Waals surface area contributed by atoms with E-state index in [9.17, 15) is 14.4 Å². The molecule has 3 aromatic carbocycles. The Morgan fingerprint density at radius 2 is 1.58 bits per heavy atom. The first kappa shape index (κ1) is 22.3. The lowest BCUT2D eigenvalue weighted by Crippen LogP contribution is -2.32. The zero-order chi connectivity index (χ0) is 23.5. The van der Waals surface area contributed by atoms with Crippen LogP contribution in [0, 0.1) is 13.8 Å². The van der Waals surface area contributed by atoms with Crippen molar-refractivity contribution >= 4 is 40.7 Å². The third-order valence-corrected chi connectivity index (χ3v) is 5.84. The van der Waals surface area contributed by atoms with Crippen molar-refractivity contribution in [3.8, 4) is 0 Å². The number of hydrogen-bond acceptors (Lipinski definition) is 4. The van der Waals surface area contributed by atoms with E-state index in [1.807, 2.05) is 50.2 Å². The summed E-state index contributed by atoms with van der Waals surface area (Å²) in [7, 11) is 0. The molecule has 0 atom stereocenters. The van der Waals surface area contributed by atoms with Crippen LogP contribution in [0.2, 0.25) is 0 Å². The molecule has 0 radical (unpaired) electrons. The standard InChI is InChI=1S/C26H22ClN3O3/c1-16-8-13-21(14-17(16)2)30-25(32)22(27)23(26(30)33)29-20-11-9-19(10-12-20)24(31)28-15-18-6-4-3-5-7-18/h3-14,29H,15H2,1-2H3,(H,28,31). The molecule has 3 amide bonds. The van der Waals surface area contributed by atoms with Crippen molar-refractivity contribution in [2.75, 3.05) is 10.2 Å². The molecule has 0 fully saturated rings. The minimum atomic E-state index is -0.579. The molecular weight excluding hydrogens is 438 g/mol. The summed E-state index contributed by atoms with van der Waals surface area (Å²) in [6, 6.07) is 21.6. The maximum absolute atomic E-state index is 13.0. The van der Waals surface area contributed by atoms with E-state index in [0.717, 1.165) is 21.6 Å². The average molecular weight is 460 g/mol. The van der Waals surface area contributed by atoms with Crippen LogP contribution in [0.3, 0.4) is 0 Å². The summed E-state index contributed by atoms with van der Waals surface area (Å²) < 4.78 is 0. The van der Waals surface area contributed by atoms with E-state index < -0.39 is 11.8 Å². The third kappa shape index (κ3) is 4.66. The number of carbonyl (C=O) groups is 3. The Labute approximate surface area is 196 Å². The van der Waals surface area contributed by atoms with Gasteiger partial charge in [0.15, 0.2) is 0 Å². The van der Waals surface area contributed by atoms with Crippen molar-refractivity contribution in [3.63, 3.8) is 0 Å². The molecule has 2 N–H and O–H groups in total. The Hall–Kier alpha value is -3.90. The first-order valence-corrected chi connectivity index (χ1v) is 10.8. The molecule has 3 aromatic rings. The summed E-state index contributed by atoms with van der Waals surface area (Å²) in [6.45, 7) is 4.29. The van der Waals surface area contributed by atoms with E-state index in [1.165, 1.54) is 0 Å². The van der Waals surface area contributed by atoms with Crippen LogP contribution in [0.25, 0.3) is 0 Å². The van der Waals surface area contributed by atoms with Crippen molar-refractivity contribution in [2.24, 2.45) is 0 Å². The van der Waals surface area contributed by atoms with Gasteiger partial charge < -0.3 is 10.6 Å². The van der Waals surface area contributed by atoms with E-state index in [4.69, 9.17) is 11.6 Å². The summed E-state index contributed by atoms with van der Waals surface area (Å²) >= 11 is 6.21. The van der Waals surface area contributed by atoms with E-state index >= 15 is 0 Å². The number of nitrogens with zero attached hydrogens (tertiary/aromatic N) is 1. The topological polar surface area (TPSA) is 78.5 Å². The van der Waals surface area contributed by atoms with Crippen molar-refractivity contribution in [3.05, 3.63) is 106 Å². The normalized spacial score (nSPS) is 13.5. The van der Waals surface area contributed by atoms with Gasteiger partial charge in [-0.05, 0) is 66.9 Å². The number of aryl methyl sites for hydroxylation is 2. The van der Waals surface area contributed by atoms with Gasteiger partial charge in [-0.3, -0.25) is 14.4 Å². The van der Waals surface area contributed by atoms with Crippen molar-refractivity contribution in [2.45, 2.75) is 20.4 Å². The maximum atomic E-state index is 13.0. The van der Waals surface area contributed by atoms with Crippen LogP contribution in [-0.4, -0.2) is 17.7 Å². The third-order valence-electron chi connectivity index (χ3n) is 5.49. The summed E-state index contributed by atoms with van der Waals surface area (Å²) in [5, 5.41) is 5.61. The van der Waals surface area contributed by atoms with Crippen molar-refractivity contribution in [1.82, 2.24) is 5.32 Å². The molecule has 4 rings (SSSR count). The van der Waals surface area contributed by atoms with Gasteiger partial charge in [-0.15, -0.1) is 0 Å². The Balaban J connectivity index is 1.45. The predicted molar refractivity (Wildman–Crippen MR) is 129 cm³/mol. The Morgan fingerprint density at radius 3 is 2.24 bits per heavy atom. The Morgan fingerprint density at radius 1 is 0.879 bits per heavy atom. The highest BCUT2D eigenvalue weighted by molar-refractivity contribution is 6.53. The molecule has 1 aliphatic rings. The maximum Gasteiger partial charge on any atom is 0.283 e. The number of rotatable bonds is 6. The van der Waals surface area contributed by atoms with E-state index in [1.54, 1.807) is 36.4 Å². The largest absolute Gasteiger partial charge is 0.350 e. The SMILES string of the molecule is Cc1ccc(N2C(=O)C(Cl)=C(Nc3ccc(C(=O)NCc4ccccc4)cc3)C2=O)cc1C. The van der Waals surface area contributed by atoms with Gasteiger partial charge >= 0.3 is 0 Å². The molecule has 6 nitrogen and oxygen atoms in total. The lowest BCUT2D eigenvalue weighted by atomic mass is 10.1. The van der Waals surface area contributed by atoms with Crippen LogP contribution in [0.4, 0.5) is 11.4 Å². The fraction of sp³-hybridized carbons (Fsp3) is 0.115. The zero-order valence-electron chi connectivity index (χ0n) is 18.2. The van der Waals surface area contributed by atoms with E-state index in [2.05, 4.69) is 10.6 Å². The van der Waals surface area contributed by atoms with Gasteiger partial charge in [-0.1, -0.05) is 48.0 Å². The van der Waals surface area contributed by atoms with Gasteiger partial charge in [0.1, 0.15) is 10.7 Å². The molecule has 0 unspecified atom stereocenters. The summed E-state index contributed by atoms with van der Waals surface area (Å²) in [5.41, 5.74) is 4.50. The second kappa shape index (κ2) is 9.30. The smallest absolute Gasteiger partial charge is 0.283 e. The quantitative estimate of drug-likeness (QED) is 0.525. The van der Waals surface area contributed by atoms with Crippen molar-refractivity contribution in [1.29, 1.82) is 0 Å². The number of nitrogens with one attached hydrogen (secondary N) is 2. The molecule has 1 heterocycles. The second-order valence-corrected chi connectivity index (χ2v) is 8.15. The van der Waals surface area contributed by atoms with Gasteiger partial charge in [0.25, 0.3) is 17.7 Å². The van der Waals surface area contributed by atoms with Crippen LogP contribution >= 0.6 is 11.6 Å². The molecule has 166 valence electrons. The second-order valence-electron chi connectivity index (χ2n) is 7.77. The molecule has 33 heavy (non-hydrogen) atoms. The van der Waals surface area contributed by atoms with Gasteiger partial charge in [-0.2, -0.15) is 0 Å². The summed E-state index contributed by atoms with van der Waals surface area (Å²) in [5.74, 6) is -1.32. The van der Waals surface area contributed by atoms with Crippen LogP contribution < -0.4 is 15.5 Å². The number of imide groups is 1. The molecule has 0 spiro atoms. The van der Waals surface area contributed by atoms with E-state index in [0.29, 0.717) is 23.5 Å². The fourth-order valence-electron chi connectivity index (χ4n) is 3.44. The Kier molecular flexibility index (Phi) is 6.29. The van der Waals surface area contributed by atoms with Crippen molar-refractivity contribution < 1.29 is 14.4 Å². The van der Waals surface area contributed by atoms with E-state index in [-0.39, 0.29) is 16.6 Å². The molecule has 0 bridgehead atoms. The lowest BCUT2D eigenvalue weighted by Gasteiger charge is -2.16. The predicted octanol–water partition coefficient (Wildman–Crippen LogP) is 4.67. The van der Waals surface area contributed by atoms with Crippen LogP contribution in [0.15, 0.2) is 83.5 Å². The van der Waals surface area contributed by atoms with Gasteiger partial charge in [-0.25, -0.2) is 4.90 Å². The summed E-state index contributed by atoms with van der Waals surface area (Å²) in [6.07, 6.45) is 0. The highest BCUT2D eigenvalue weighted by Gasteiger charge is 2.39. The number of benzene rings is 3. The van der Waals surface area contributed by atoms with Gasteiger partial charge in [0.2, 0.25) is 0 Å². The number of anilines is 2. The average Bonchev–Trinajstić information content (AvgIpc) is 3.03. The summed E-state index contributed by atoms with van der Waals surface area (Å²) in [4.78, 5) is 39.1. The first-order chi connectivity index (χ1) is 15.8. The minimum Gasteiger partial charge on any atom is -0.350 e. The molecule has 0 aromatic heterocycles. The monoisotopic (exact) mass is 459 g/mol. The number of hydrogen-bond donors (Lipinski definition) is 2. The minimum absolute atomic E-state index is 0.00109. The first-order valence-electron chi connectivity index (χ1n) is 10.4. The Bertz CT molecular complexity index is 1270. The van der Waals surface area contributed by atoms with Crippen LogP contribution in [-0.2, 0) is 16.1 Å². The lowest BCUT2D eigenvalue weighted by molar-refractivity contribution is -0.120. The van der Waals surface area contributed by atoms with Crippen LogP contribution in [0.5, 0.6) is 0 Å². The number of amides is 3. The van der Waals surface area contributed by atoms with Gasteiger partial charge in [0.05, 0.1) is 5.69 Å². The zero-order valence-corrected chi connectivity index (χ0v) is 18.9. The molecule has 0 aliphatic carbocycles. The highest BCUT2D eigenvalue weighted by atomic mass is 35.5. The van der Waals surface area contributed by atoms with Crippen LogP contribution in [0.1, 0.15) is 27.0 Å². The van der Waals surface area contributed by atoms with Gasteiger partial charge in [0, 0.05) is 17.8 Å². The fourth-order valence-corrected chi connectivity index (χ4v) is 3.65. The number of halogens is 1. The number of carbonyl (C=O) groups excluding carboxylic acids is 3. The molecule has 7 heteroatoms. The molecule has 0 saturated carbocycles. The highest BCUT2D eigenvalue weighted by Crippen LogP contribution is 2.31.